The Bertz CT molecular complexity index is 376. The molecule has 1 atom stereocenters. The van der Waals surface area contributed by atoms with Crippen LogP contribution in [0, 0.1) is 5.92 Å². The molecule has 1 fully saturated rings. The molecular formula is C14H25N5. The van der Waals surface area contributed by atoms with Crippen LogP contribution in [0.2, 0.25) is 0 Å². The summed E-state index contributed by atoms with van der Waals surface area (Å²) in [6, 6.07) is 2.02. The largest absolute Gasteiger partial charge is 0.370 e. The number of hydrogen-bond acceptors (Lipinski definition) is 5. The van der Waals surface area contributed by atoms with E-state index in [9.17, 15) is 0 Å². The number of anilines is 2. The van der Waals surface area contributed by atoms with E-state index in [2.05, 4.69) is 32.4 Å². The summed E-state index contributed by atoms with van der Waals surface area (Å²) >= 11 is 0. The van der Waals surface area contributed by atoms with E-state index >= 15 is 0 Å². The maximum absolute atomic E-state index is 4.27. The maximum atomic E-state index is 4.27. The fourth-order valence-electron chi connectivity index (χ4n) is 2.39. The molecule has 106 valence electrons. The number of hydrogen-bond donors (Lipinski definition) is 2. The summed E-state index contributed by atoms with van der Waals surface area (Å²) in [6.45, 7) is 6.39. The molecule has 1 aromatic rings. The van der Waals surface area contributed by atoms with Crippen molar-refractivity contribution in [3.05, 3.63) is 12.4 Å². The zero-order chi connectivity index (χ0) is 13.5. The molecule has 0 spiro atoms. The van der Waals surface area contributed by atoms with Gasteiger partial charge in [0.2, 0.25) is 0 Å². The number of nitrogens with zero attached hydrogens (tertiary/aromatic N) is 3. The van der Waals surface area contributed by atoms with Gasteiger partial charge in [0, 0.05) is 26.2 Å². The Morgan fingerprint density at radius 1 is 1.47 bits per heavy atom. The lowest BCUT2D eigenvalue weighted by Gasteiger charge is -2.22. The van der Waals surface area contributed by atoms with Gasteiger partial charge in [-0.05, 0) is 45.2 Å². The van der Waals surface area contributed by atoms with Crippen LogP contribution in [-0.4, -0.2) is 43.2 Å². The predicted molar refractivity (Wildman–Crippen MR) is 79.7 cm³/mol. The molecule has 5 nitrogen and oxygen atoms in total. The Labute approximate surface area is 115 Å². The molecule has 0 aliphatic carbocycles. The van der Waals surface area contributed by atoms with E-state index in [1.165, 1.54) is 25.8 Å². The Morgan fingerprint density at radius 2 is 2.37 bits per heavy atom. The van der Waals surface area contributed by atoms with E-state index in [4.69, 9.17) is 0 Å². The van der Waals surface area contributed by atoms with Gasteiger partial charge in [-0.2, -0.15) is 0 Å². The molecule has 0 saturated carbocycles. The molecule has 0 bridgehead atoms. The summed E-state index contributed by atoms with van der Waals surface area (Å²) < 4.78 is 0. The maximum Gasteiger partial charge on any atom is 0.133 e. The predicted octanol–water partition coefficient (Wildman–Crippen LogP) is 1.73. The van der Waals surface area contributed by atoms with E-state index in [0.29, 0.717) is 0 Å². The van der Waals surface area contributed by atoms with Crippen LogP contribution in [0.15, 0.2) is 12.4 Å². The van der Waals surface area contributed by atoms with Crippen molar-refractivity contribution in [1.82, 2.24) is 15.3 Å². The van der Waals surface area contributed by atoms with Gasteiger partial charge in [-0.25, -0.2) is 9.97 Å². The van der Waals surface area contributed by atoms with Crippen molar-refractivity contribution in [1.29, 1.82) is 0 Å². The van der Waals surface area contributed by atoms with Gasteiger partial charge in [0.1, 0.15) is 18.0 Å². The average Bonchev–Trinajstić information content (AvgIpc) is 2.48. The first kappa shape index (κ1) is 14.1. The van der Waals surface area contributed by atoms with Gasteiger partial charge in [0.15, 0.2) is 0 Å². The van der Waals surface area contributed by atoms with E-state index in [1.807, 2.05) is 13.1 Å². The lowest BCUT2D eigenvalue weighted by molar-refractivity contribution is 0.364. The minimum Gasteiger partial charge on any atom is -0.370 e. The average molecular weight is 263 g/mol. The highest BCUT2D eigenvalue weighted by atomic mass is 15.2. The molecule has 5 heteroatoms. The van der Waals surface area contributed by atoms with Crippen LogP contribution < -0.4 is 15.5 Å². The van der Waals surface area contributed by atoms with Gasteiger partial charge < -0.3 is 15.5 Å². The van der Waals surface area contributed by atoms with Gasteiger partial charge in [-0.3, -0.25) is 0 Å². The van der Waals surface area contributed by atoms with Crippen molar-refractivity contribution in [2.75, 3.05) is 43.4 Å². The van der Waals surface area contributed by atoms with Gasteiger partial charge in [-0.15, -0.1) is 0 Å². The lowest BCUT2D eigenvalue weighted by Crippen LogP contribution is -2.30. The van der Waals surface area contributed by atoms with Gasteiger partial charge >= 0.3 is 0 Å². The highest BCUT2D eigenvalue weighted by molar-refractivity contribution is 5.47. The molecule has 1 aromatic heterocycles. The second kappa shape index (κ2) is 7.28. The zero-order valence-electron chi connectivity index (χ0n) is 12.0. The third kappa shape index (κ3) is 4.35. The first-order chi connectivity index (χ1) is 9.29. The van der Waals surface area contributed by atoms with Crippen LogP contribution in [0.3, 0.4) is 0 Å². The van der Waals surface area contributed by atoms with Crippen LogP contribution in [0.4, 0.5) is 11.6 Å². The third-order valence-corrected chi connectivity index (χ3v) is 3.78. The minimum atomic E-state index is 0.806. The highest BCUT2D eigenvalue weighted by Crippen LogP contribution is 2.15. The van der Waals surface area contributed by atoms with Crippen molar-refractivity contribution >= 4 is 11.6 Å². The Hall–Kier alpha value is -1.36. The monoisotopic (exact) mass is 263 g/mol. The first-order valence-electron chi connectivity index (χ1n) is 7.27. The third-order valence-electron chi connectivity index (χ3n) is 3.78. The van der Waals surface area contributed by atoms with Crippen LogP contribution >= 0.6 is 0 Å². The molecular weight excluding hydrogens is 238 g/mol. The SMILES string of the molecule is CCN(C)c1cc(NCCC2CCCNC2)ncn1. The van der Waals surface area contributed by atoms with Crippen molar-refractivity contribution in [2.45, 2.75) is 26.2 Å². The van der Waals surface area contributed by atoms with Crippen molar-refractivity contribution in [2.24, 2.45) is 5.92 Å². The smallest absolute Gasteiger partial charge is 0.133 e. The van der Waals surface area contributed by atoms with Crippen LogP contribution in [-0.2, 0) is 0 Å². The molecule has 0 radical (unpaired) electrons. The molecule has 1 saturated heterocycles. The van der Waals surface area contributed by atoms with Gasteiger partial charge in [0.05, 0.1) is 0 Å². The molecule has 2 rings (SSSR count). The minimum absolute atomic E-state index is 0.806. The molecule has 1 aliphatic heterocycles. The van der Waals surface area contributed by atoms with E-state index in [0.717, 1.165) is 37.2 Å². The summed E-state index contributed by atoms with van der Waals surface area (Å²) in [7, 11) is 2.04. The molecule has 2 N–H and O–H groups in total. The second-order valence-electron chi connectivity index (χ2n) is 5.20. The number of aromatic nitrogens is 2. The first-order valence-corrected chi connectivity index (χ1v) is 7.27. The van der Waals surface area contributed by atoms with Gasteiger partial charge in [0.25, 0.3) is 0 Å². The summed E-state index contributed by atoms with van der Waals surface area (Å²) in [5, 5.41) is 6.86. The lowest BCUT2D eigenvalue weighted by atomic mass is 9.96. The normalized spacial score (nSPS) is 19.2. The molecule has 1 unspecified atom stereocenters. The summed E-state index contributed by atoms with van der Waals surface area (Å²) in [6.07, 6.45) is 5.49. The van der Waals surface area contributed by atoms with E-state index in [1.54, 1.807) is 6.33 Å². The summed E-state index contributed by atoms with van der Waals surface area (Å²) in [4.78, 5) is 10.7. The fraction of sp³-hybridized carbons (Fsp3) is 0.714. The van der Waals surface area contributed by atoms with Crippen LogP contribution in [0.5, 0.6) is 0 Å². The topological polar surface area (TPSA) is 53.1 Å². The van der Waals surface area contributed by atoms with Crippen molar-refractivity contribution < 1.29 is 0 Å². The number of nitrogens with one attached hydrogen (secondary N) is 2. The van der Waals surface area contributed by atoms with Crippen LogP contribution in [0.1, 0.15) is 26.2 Å². The van der Waals surface area contributed by atoms with E-state index < -0.39 is 0 Å². The quantitative estimate of drug-likeness (QED) is 0.818. The summed E-state index contributed by atoms with van der Waals surface area (Å²) in [5.41, 5.74) is 0. The van der Waals surface area contributed by atoms with Gasteiger partial charge in [-0.1, -0.05) is 0 Å². The fourth-order valence-corrected chi connectivity index (χ4v) is 2.39. The summed E-state index contributed by atoms with van der Waals surface area (Å²) in [5.74, 6) is 2.70. The Morgan fingerprint density at radius 3 is 3.11 bits per heavy atom. The number of rotatable bonds is 6. The molecule has 0 amide bonds. The molecule has 2 heterocycles. The zero-order valence-corrected chi connectivity index (χ0v) is 12.0. The van der Waals surface area contributed by atoms with Crippen molar-refractivity contribution in [3.8, 4) is 0 Å². The Balaban J connectivity index is 1.78. The molecule has 0 aromatic carbocycles. The Kier molecular flexibility index (Phi) is 5.39. The molecule has 1 aliphatic rings. The molecule has 19 heavy (non-hydrogen) atoms. The second-order valence-corrected chi connectivity index (χ2v) is 5.20. The standard InChI is InChI=1S/C14H25N5/c1-3-19(2)14-9-13(17-11-18-14)16-8-6-12-5-4-7-15-10-12/h9,11-12,15H,3-8,10H2,1-2H3,(H,16,17,18). The number of piperidine rings is 1. The van der Waals surface area contributed by atoms with E-state index in [-0.39, 0.29) is 0 Å². The van der Waals surface area contributed by atoms with Crippen LogP contribution in [0.25, 0.3) is 0 Å². The highest BCUT2D eigenvalue weighted by Gasteiger charge is 2.12. The van der Waals surface area contributed by atoms with Crippen molar-refractivity contribution in [3.63, 3.8) is 0 Å².